The molecule has 1 fully saturated rings. The van der Waals surface area contributed by atoms with Crippen molar-refractivity contribution in [3.05, 3.63) is 0 Å². The quantitative estimate of drug-likeness (QED) is 0.618. The second-order valence-electron chi connectivity index (χ2n) is 3.73. The number of hydrogen-bond donors (Lipinski definition) is 2. The lowest BCUT2D eigenvalue weighted by molar-refractivity contribution is -0.119. The molecular formula is C9H16N4O. The Bertz CT molecular complexity index is 245. The Morgan fingerprint density at radius 1 is 1.36 bits per heavy atom. The number of nitrogens with one attached hydrogen (secondary N) is 2. The Morgan fingerprint density at radius 3 is 2.79 bits per heavy atom. The van der Waals surface area contributed by atoms with Gasteiger partial charge in [0.05, 0.1) is 6.42 Å². The van der Waals surface area contributed by atoms with E-state index in [1.807, 2.05) is 0 Å². The number of amides is 1. The number of carbonyl (C=O) groups is 1. The average molecular weight is 196 g/mol. The van der Waals surface area contributed by atoms with Crippen molar-refractivity contribution >= 4 is 11.6 Å². The zero-order valence-electron chi connectivity index (χ0n) is 8.25. The van der Waals surface area contributed by atoms with E-state index in [-0.39, 0.29) is 5.91 Å². The van der Waals surface area contributed by atoms with Gasteiger partial charge in [0.15, 0.2) is 0 Å². The number of carbonyl (C=O) groups excluding carboxylic acids is 1. The number of piperazine rings is 1. The average Bonchev–Trinajstić information content (AvgIpc) is 2.63. The monoisotopic (exact) mass is 196 g/mol. The second-order valence-corrected chi connectivity index (χ2v) is 3.73. The molecule has 0 radical (unpaired) electrons. The first kappa shape index (κ1) is 9.61. The summed E-state index contributed by atoms with van der Waals surface area (Å²) in [5, 5.41) is 7.29. The Balaban J connectivity index is 1.69. The molecule has 2 N–H and O–H groups in total. The lowest BCUT2D eigenvalue weighted by Gasteiger charge is -2.26. The second kappa shape index (κ2) is 4.52. The molecule has 1 saturated heterocycles. The molecule has 0 saturated carbocycles. The highest BCUT2D eigenvalue weighted by molar-refractivity contribution is 6.04. The lowest BCUT2D eigenvalue weighted by atomic mass is 10.2. The minimum atomic E-state index is 0.0281. The van der Waals surface area contributed by atoms with Crippen LogP contribution in [0.2, 0.25) is 0 Å². The Morgan fingerprint density at radius 2 is 2.14 bits per heavy atom. The molecule has 0 unspecified atom stereocenters. The normalized spacial score (nSPS) is 23.4. The topological polar surface area (TPSA) is 56.7 Å². The van der Waals surface area contributed by atoms with E-state index in [2.05, 4.69) is 20.7 Å². The molecule has 2 aliphatic heterocycles. The zero-order chi connectivity index (χ0) is 9.80. The molecule has 1 amide bonds. The van der Waals surface area contributed by atoms with Crippen LogP contribution < -0.4 is 10.7 Å². The highest BCUT2D eigenvalue weighted by atomic mass is 16.2. The Kier molecular flexibility index (Phi) is 3.10. The first-order chi connectivity index (χ1) is 6.84. The molecule has 0 atom stereocenters. The van der Waals surface area contributed by atoms with Gasteiger partial charge in [-0.15, -0.1) is 0 Å². The summed E-state index contributed by atoms with van der Waals surface area (Å²) >= 11 is 0. The van der Waals surface area contributed by atoms with Gasteiger partial charge in [-0.2, -0.15) is 5.10 Å². The predicted octanol–water partition coefficient (Wildman–Crippen LogP) is -0.842. The molecule has 5 heteroatoms. The first-order valence-electron chi connectivity index (χ1n) is 5.12. The van der Waals surface area contributed by atoms with Gasteiger partial charge in [-0.05, 0) is 0 Å². The molecule has 14 heavy (non-hydrogen) atoms. The van der Waals surface area contributed by atoms with E-state index in [0.717, 1.165) is 44.9 Å². The van der Waals surface area contributed by atoms with Gasteiger partial charge < -0.3 is 10.2 Å². The maximum atomic E-state index is 10.9. The van der Waals surface area contributed by atoms with Crippen LogP contribution in [0.4, 0.5) is 0 Å². The van der Waals surface area contributed by atoms with Gasteiger partial charge in [0, 0.05) is 44.9 Å². The van der Waals surface area contributed by atoms with Gasteiger partial charge in [-0.3, -0.25) is 4.79 Å². The summed E-state index contributed by atoms with van der Waals surface area (Å²) in [5.74, 6) is 0.0281. The molecular weight excluding hydrogens is 180 g/mol. The van der Waals surface area contributed by atoms with Gasteiger partial charge in [0.1, 0.15) is 0 Å². The molecule has 0 spiro atoms. The summed E-state index contributed by atoms with van der Waals surface area (Å²) in [4.78, 5) is 13.3. The molecule has 5 nitrogen and oxygen atoms in total. The SMILES string of the molecule is O=C1CC(CCN2CCNCC2)=NN1. The fraction of sp³-hybridized carbons (Fsp3) is 0.778. The molecule has 0 aromatic rings. The minimum absolute atomic E-state index is 0.0281. The summed E-state index contributed by atoms with van der Waals surface area (Å²) < 4.78 is 0. The third-order valence-electron chi connectivity index (χ3n) is 2.63. The van der Waals surface area contributed by atoms with Crippen LogP contribution in [0.3, 0.4) is 0 Å². The van der Waals surface area contributed by atoms with Gasteiger partial charge >= 0.3 is 0 Å². The van der Waals surface area contributed by atoms with E-state index in [1.54, 1.807) is 0 Å². The Hall–Kier alpha value is -0.940. The molecule has 78 valence electrons. The first-order valence-corrected chi connectivity index (χ1v) is 5.12. The van der Waals surface area contributed by atoms with Crippen LogP contribution in [0.15, 0.2) is 5.10 Å². The van der Waals surface area contributed by atoms with Crippen molar-refractivity contribution in [3.63, 3.8) is 0 Å². The van der Waals surface area contributed by atoms with Crippen molar-refractivity contribution in [2.45, 2.75) is 12.8 Å². The van der Waals surface area contributed by atoms with Crippen molar-refractivity contribution in [2.24, 2.45) is 5.10 Å². The van der Waals surface area contributed by atoms with Crippen LogP contribution >= 0.6 is 0 Å². The summed E-state index contributed by atoms with van der Waals surface area (Å²) in [6, 6.07) is 0. The third kappa shape index (κ3) is 2.52. The van der Waals surface area contributed by atoms with Crippen LogP contribution in [0, 0.1) is 0 Å². The van der Waals surface area contributed by atoms with E-state index in [1.165, 1.54) is 0 Å². The molecule has 0 bridgehead atoms. The summed E-state index contributed by atoms with van der Waals surface area (Å²) in [6.07, 6.45) is 1.41. The molecule has 2 rings (SSSR count). The summed E-state index contributed by atoms with van der Waals surface area (Å²) in [6.45, 7) is 5.38. The molecule has 0 aromatic carbocycles. The van der Waals surface area contributed by atoms with E-state index < -0.39 is 0 Å². The van der Waals surface area contributed by atoms with Crippen molar-refractivity contribution in [1.29, 1.82) is 0 Å². The van der Waals surface area contributed by atoms with Gasteiger partial charge in [0.2, 0.25) is 5.91 Å². The van der Waals surface area contributed by atoms with E-state index in [0.29, 0.717) is 6.42 Å². The van der Waals surface area contributed by atoms with E-state index >= 15 is 0 Å². The number of hydrogen-bond acceptors (Lipinski definition) is 4. The highest BCUT2D eigenvalue weighted by Crippen LogP contribution is 2.02. The third-order valence-corrected chi connectivity index (χ3v) is 2.63. The zero-order valence-corrected chi connectivity index (χ0v) is 8.25. The summed E-state index contributed by atoms with van der Waals surface area (Å²) in [7, 11) is 0. The largest absolute Gasteiger partial charge is 0.314 e. The van der Waals surface area contributed by atoms with Crippen LogP contribution in [0.25, 0.3) is 0 Å². The van der Waals surface area contributed by atoms with Gasteiger partial charge in [-0.25, -0.2) is 5.43 Å². The predicted molar refractivity (Wildman–Crippen MR) is 54.1 cm³/mol. The highest BCUT2D eigenvalue weighted by Gasteiger charge is 2.16. The fourth-order valence-corrected chi connectivity index (χ4v) is 1.77. The standard InChI is InChI=1S/C9H16N4O/c14-9-7-8(11-12-9)1-4-13-5-2-10-3-6-13/h10H,1-7H2,(H,12,14). The Labute approximate surface area is 83.5 Å². The smallest absolute Gasteiger partial charge is 0.245 e. The van der Waals surface area contributed by atoms with Crippen LogP contribution in [0.5, 0.6) is 0 Å². The number of rotatable bonds is 3. The maximum absolute atomic E-state index is 10.9. The fourth-order valence-electron chi connectivity index (χ4n) is 1.77. The van der Waals surface area contributed by atoms with Crippen molar-refractivity contribution in [3.8, 4) is 0 Å². The molecule has 2 aliphatic rings. The number of hydrazone groups is 1. The van der Waals surface area contributed by atoms with E-state index in [4.69, 9.17) is 0 Å². The minimum Gasteiger partial charge on any atom is -0.314 e. The number of nitrogens with zero attached hydrogens (tertiary/aromatic N) is 2. The molecule has 0 aromatic heterocycles. The summed E-state index contributed by atoms with van der Waals surface area (Å²) in [5.41, 5.74) is 3.47. The maximum Gasteiger partial charge on any atom is 0.245 e. The van der Waals surface area contributed by atoms with Gasteiger partial charge in [-0.1, -0.05) is 0 Å². The van der Waals surface area contributed by atoms with Crippen molar-refractivity contribution in [2.75, 3.05) is 32.7 Å². The van der Waals surface area contributed by atoms with E-state index in [9.17, 15) is 4.79 Å². The van der Waals surface area contributed by atoms with Gasteiger partial charge in [0.25, 0.3) is 0 Å². The van der Waals surface area contributed by atoms with Crippen LogP contribution in [0.1, 0.15) is 12.8 Å². The van der Waals surface area contributed by atoms with Crippen LogP contribution in [-0.4, -0.2) is 49.2 Å². The molecule has 0 aliphatic carbocycles. The molecule has 2 heterocycles. The van der Waals surface area contributed by atoms with Crippen molar-refractivity contribution < 1.29 is 4.79 Å². The van der Waals surface area contributed by atoms with Crippen molar-refractivity contribution in [1.82, 2.24) is 15.6 Å². The lowest BCUT2D eigenvalue weighted by Crippen LogP contribution is -2.44. The van der Waals surface area contributed by atoms with Crippen LogP contribution in [-0.2, 0) is 4.79 Å².